The molecule has 0 radical (unpaired) electrons. The molecule has 0 spiro atoms. The summed E-state index contributed by atoms with van der Waals surface area (Å²) < 4.78 is 12.4. The summed E-state index contributed by atoms with van der Waals surface area (Å²) in [5, 5.41) is 7.88. The van der Waals surface area contributed by atoms with Gasteiger partial charge in [-0.1, -0.05) is 23.7 Å². The molecule has 1 aromatic heterocycles. The lowest BCUT2D eigenvalue weighted by atomic mass is 10.2. The molecule has 1 aliphatic heterocycles. The van der Waals surface area contributed by atoms with E-state index < -0.39 is 6.10 Å². The molecule has 1 amide bonds. The molecule has 0 bridgehead atoms. The van der Waals surface area contributed by atoms with Gasteiger partial charge in [-0.25, -0.2) is 4.68 Å². The molecular formula is C16H18ClN3O3. The number of carbonyl (C=O) groups excluding carboxylic acids is 1. The van der Waals surface area contributed by atoms with Crippen LogP contribution >= 0.6 is 11.6 Å². The lowest BCUT2D eigenvalue weighted by Gasteiger charge is -2.22. The van der Waals surface area contributed by atoms with Gasteiger partial charge in [0.2, 0.25) is 0 Å². The van der Waals surface area contributed by atoms with Crippen molar-refractivity contribution in [3.63, 3.8) is 0 Å². The Morgan fingerprint density at radius 2 is 2.35 bits per heavy atom. The highest BCUT2D eigenvalue weighted by atomic mass is 35.5. The van der Waals surface area contributed by atoms with E-state index in [1.807, 2.05) is 31.2 Å². The Balaban J connectivity index is 1.74. The van der Waals surface area contributed by atoms with Crippen molar-refractivity contribution in [3.8, 4) is 0 Å². The van der Waals surface area contributed by atoms with Crippen LogP contribution in [0, 0.1) is 6.92 Å². The number of nitrogens with one attached hydrogen (secondary N) is 1. The average Bonchev–Trinajstić information content (AvgIpc) is 2.89. The van der Waals surface area contributed by atoms with Gasteiger partial charge in [0.25, 0.3) is 5.91 Å². The highest BCUT2D eigenvalue weighted by molar-refractivity contribution is 6.30. The summed E-state index contributed by atoms with van der Waals surface area (Å²) >= 11 is 6.01. The second kappa shape index (κ2) is 7.12. The minimum absolute atomic E-state index is 0.222. The molecule has 1 atom stereocenters. The Morgan fingerprint density at radius 3 is 3.09 bits per heavy atom. The third-order valence-electron chi connectivity index (χ3n) is 3.59. The van der Waals surface area contributed by atoms with Gasteiger partial charge in [0, 0.05) is 10.6 Å². The van der Waals surface area contributed by atoms with Crippen LogP contribution in [0.25, 0.3) is 0 Å². The third-order valence-corrected chi connectivity index (χ3v) is 3.83. The van der Waals surface area contributed by atoms with Crippen molar-refractivity contribution in [1.82, 2.24) is 9.78 Å². The number of anilines is 1. The second-order valence-corrected chi connectivity index (χ2v) is 5.82. The first kappa shape index (κ1) is 16.0. The summed E-state index contributed by atoms with van der Waals surface area (Å²) in [5.74, 6) is 0.435. The normalized spacial score (nSPS) is 17.9. The summed E-state index contributed by atoms with van der Waals surface area (Å²) in [5.41, 5.74) is 1.89. The fourth-order valence-electron chi connectivity index (χ4n) is 2.41. The lowest BCUT2D eigenvalue weighted by Crippen LogP contribution is -2.39. The standard InChI is InChI=1S/C16H18ClN3O3/c1-11-8-18-20(9-12-3-2-4-13(17)7-12)15(11)19-16(21)14-10-22-5-6-23-14/h2-4,7-8,14H,5-6,9-10H2,1H3,(H,19,21)/t14-/m1/s1. The Labute approximate surface area is 139 Å². The third kappa shape index (κ3) is 3.90. The summed E-state index contributed by atoms with van der Waals surface area (Å²) in [6.45, 7) is 3.64. The first-order chi connectivity index (χ1) is 11.1. The molecule has 1 aromatic carbocycles. The van der Waals surface area contributed by atoms with Gasteiger partial charge in [-0.15, -0.1) is 0 Å². The van der Waals surface area contributed by atoms with Crippen LogP contribution in [0.2, 0.25) is 5.02 Å². The number of aromatic nitrogens is 2. The molecule has 6 nitrogen and oxygen atoms in total. The summed E-state index contributed by atoms with van der Waals surface area (Å²) in [4.78, 5) is 12.3. The van der Waals surface area contributed by atoms with Gasteiger partial charge < -0.3 is 14.8 Å². The van der Waals surface area contributed by atoms with E-state index in [9.17, 15) is 4.79 Å². The molecule has 1 saturated heterocycles. The summed E-state index contributed by atoms with van der Waals surface area (Å²) in [6.07, 6.45) is 1.14. The maximum atomic E-state index is 12.3. The monoisotopic (exact) mass is 335 g/mol. The predicted molar refractivity (Wildman–Crippen MR) is 86.7 cm³/mol. The van der Waals surface area contributed by atoms with Crippen molar-refractivity contribution in [3.05, 3.63) is 46.6 Å². The van der Waals surface area contributed by atoms with Crippen molar-refractivity contribution in [2.45, 2.75) is 19.6 Å². The number of aryl methyl sites for hydroxylation is 1. The van der Waals surface area contributed by atoms with E-state index in [1.54, 1.807) is 10.9 Å². The number of ether oxygens (including phenoxy) is 2. The van der Waals surface area contributed by atoms with Crippen LogP contribution in [0.15, 0.2) is 30.5 Å². The quantitative estimate of drug-likeness (QED) is 0.930. The summed E-state index contributed by atoms with van der Waals surface area (Å²) in [7, 11) is 0. The van der Waals surface area contributed by atoms with Crippen LogP contribution in [-0.4, -0.2) is 41.6 Å². The van der Waals surface area contributed by atoms with Crippen molar-refractivity contribution in [1.29, 1.82) is 0 Å². The van der Waals surface area contributed by atoms with Gasteiger partial charge >= 0.3 is 0 Å². The molecule has 0 saturated carbocycles. The van der Waals surface area contributed by atoms with Crippen LogP contribution in [0.1, 0.15) is 11.1 Å². The zero-order valence-corrected chi connectivity index (χ0v) is 13.5. The van der Waals surface area contributed by atoms with Crippen molar-refractivity contribution in [2.75, 3.05) is 25.1 Å². The zero-order valence-electron chi connectivity index (χ0n) is 12.8. The molecule has 1 N–H and O–H groups in total. The van der Waals surface area contributed by atoms with Crippen molar-refractivity contribution in [2.24, 2.45) is 0 Å². The van der Waals surface area contributed by atoms with E-state index in [-0.39, 0.29) is 12.5 Å². The molecule has 1 aliphatic rings. The average molecular weight is 336 g/mol. The minimum Gasteiger partial charge on any atom is -0.376 e. The van der Waals surface area contributed by atoms with Gasteiger partial charge in [0.05, 0.1) is 32.6 Å². The largest absolute Gasteiger partial charge is 0.376 e. The van der Waals surface area contributed by atoms with E-state index in [2.05, 4.69) is 10.4 Å². The minimum atomic E-state index is -0.585. The van der Waals surface area contributed by atoms with Gasteiger partial charge in [0.15, 0.2) is 6.10 Å². The van der Waals surface area contributed by atoms with E-state index in [0.29, 0.717) is 30.6 Å². The number of halogens is 1. The molecule has 2 aromatic rings. The topological polar surface area (TPSA) is 65.4 Å². The molecule has 7 heteroatoms. The predicted octanol–water partition coefficient (Wildman–Crippen LogP) is 2.25. The maximum Gasteiger partial charge on any atom is 0.257 e. The molecule has 1 fully saturated rings. The first-order valence-electron chi connectivity index (χ1n) is 7.40. The van der Waals surface area contributed by atoms with Crippen LogP contribution in [-0.2, 0) is 20.8 Å². The SMILES string of the molecule is Cc1cnn(Cc2cccc(Cl)c2)c1NC(=O)[C@H]1COCCO1. The van der Waals surface area contributed by atoms with Crippen molar-refractivity contribution < 1.29 is 14.3 Å². The molecular weight excluding hydrogens is 318 g/mol. The van der Waals surface area contributed by atoms with Gasteiger partial charge in [0.1, 0.15) is 5.82 Å². The van der Waals surface area contributed by atoms with Crippen LogP contribution < -0.4 is 5.32 Å². The van der Waals surface area contributed by atoms with Crippen molar-refractivity contribution >= 4 is 23.3 Å². The van der Waals surface area contributed by atoms with E-state index in [4.69, 9.17) is 21.1 Å². The molecule has 0 aliphatic carbocycles. The zero-order chi connectivity index (χ0) is 16.2. The summed E-state index contributed by atoms with van der Waals surface area (Å²) in [6, 6.07) is 7.55. The molecule has 23 heavy (non-hydrogen) atoms. The fourth-order valence-corrected chi connectivity index (χ4v) is 2.62. The maximum absolute atomic E-state index is 12.3. The van der Waals surface area contributed by atoms with Gasteiger partial charge in [-0.05, 0) is 24.6 Å². The fraction of sp³-hybridized carbons (Fsp3) is 0.375. The number of hydrogen-bond donors (Lipinski definition) is 1. The van der Waals surface area contributed by atoms with Crippen LogP contribution in [0.5, 0.6) is 0 Å². The number of nitrogens with zero attached hydrogens (tertiary/aromatic N) is 2. The number of rotatable bonds is 4. The Kier molecular flexibility index (Phi) is 4.95. The van der Waals surface area contributed by atoms with Gasteiger partial charge in [-0.2, -0.15) is 5.10 Å². The highest BCUT2D eigenvalue weighted by Crippen LogP contribution is 2.18. The molecule has 3 rings (SSSR count). The van der Waals surface area contributed by atoms with Gasteiger partial charge in [-0.3, -0.25) is 4.79 Å². The Bertz CT molecular complexity index is 696. The first-order valence-corrected chi connectivity index (χ1v) is 7.78. The van der Waals surface area contributed by atoms with Crippen LogP contribution in [0.3, 0.4) is 0 Å². The van der Waals surface area contributed by atoms with Crippen LogP contribution in [0.4, 0.5) is 5.82 Å². The lowest BCUT2D eigenvalue weighted by molar-refractivity contribution is -0.142. The van der Waals surface area contributed by atoms with E-state index >= 15 is 0 Å². The molecule has 122 valence electrons. The molecule has 2 heterocycles. The smallest absolute Gasteiger partial charge is 0.257 e. The highest BCUT2D eigenvalue weighted by Gasteiger charge is 2.24. The molecule has 0 unspecified atom stereocenters. The number of carbonyl (C=O) groups is 1. The Hall–Kier alpha value is -1.89. The number of benzene rings is 1. The second-order valence-electron chi connectivity index (χ2n) is 5.39. The number of hydrogen-bond acceptors (Lipinski definition) is 4. The van der Waals surface area contributed by atoms with E-state index in [1.165, 1.54) is 0 Å². The van der Waals surface area contributed by atoms with E-state index in [0.717, 1.165) is 11.1 Å². The number of amides is 1. The Morgan fingerprint density at radius 1 is 1.48 bits per heavy atom.